The highest BCUT2D eigenvalue weighted by molar-refractivity contribution is 6.00. The molecule has 156 valence electrons. The van der Waals surface area contributed by atoms with Crippen LogP contribution in [0.25, 0.3) is 0 Å². The Morgan fingerprint density at radius 1 is 0.667 bits per heavy atom. The average molecular weight is 403 g/mol. The van der Waals surface area contributed by atoms with Crippen molar-refractivity contribution >= 4 is 23.2 Å². The summed E-state index contributed by atoms with van der Waals surface area (Å²) < 4.78 is 0. The number of hydrogen-bond donors (Lipinski definition) is 2. The zero-order valence-electron chi connectivity index (χ0n) is 18.2. The summed E-state index contributed by atoms with van der Waals surface area (Å²) in [5.41, 5.74) is 6.25. The summed E-state index contributed by atoms with van der Waals surface area (Å²) in [6.45, 7) is 8.18. The predicted octanol–water partition coefficient (Wildman–Crippen LogP) is 5.33. The number of allylic oxidation sites excluding steroid dienone is 2. The molecule has 2 bridgehead atoms. The maximum atomic E-state index is 13.3. The van der Waals surface area contributed by atoms with Crippen molar-refractivity contribution in [1.82, 2.24) is 0 Å². The molecule has 3 aliphatic rings. The van der Waals surface area contributed by atoms with Gasteiger partial charge in [-0.3, -0.25) is 9.59 Å². The number of nitrogens with one attached hydrogen (secondary N) is 2. The van der Waals surface area contributed by atoms with Crippen LogP contribution in [0.1, 0.15) is 35.1 Å². The highest BCUT2D eigenvalue weighted by Gasteiger charge is 2.48. The van der Waals surface area contributed by atoms with Crippen LogP contribution < -0.4 is 10.6 Å². The Morgan fingerprint density at radius 2 is 1.07 bits per heavy atom. The third-order valence-electron chi connectivity index (χ3n) is 6.90. The molecule has 5 rings (SSSR count). The molecule has 2 amide bonds. The van der Waals surface area contributed by atoms with E-state index in [4.69, 9.17) is 0 Å². The van der Waals surface area contributed by atoms with Gasteiger partial charge in [0.05, 0.1) is 11.8 Å². The van der Waals surface area contributed by atoms with Crippen LogP contribution in [0, 0.1) is 51.4 Å². The molecule has 2 aromatic carbocycles. The van der Waals surface area contributed by atoms with Crippen LogP contribution in [0.2, 0.25) is 0 Å². The Bertz CT molecular complexity index is 942. The molecule has 4 nitrogen and oxygen atoms in total. The van der Waals surface area contributed by atoms with E-state index in [0.717, 1.165) is 35.3 Å². The maximum absolute atomic E-state index is 13.3. The summed E-state index contributed by atoms with van der Waals surface area (Å²) in [6.07, 6.45) is 6.19. The van der Waals surface area contributed by atoms with E-state index in [0.29, 0.717) is 0 Å². The van der Waals surface area contributed by atoms with E-state index in [9.17, 15) is 9.59 Å². The van der Waals surface area contributed by atoms with Crippen LogP contribution in [0.15, 0.2) is 48.6 Å². The quantitative estimate of drug-likeness (QED) is 0.680. The molecule has 0 heterocycles. The first-order chi connectivity index (χ1) is 14.3. The van der Waals surface area contributed by atoms with Crippen LogP contribution in [-0.2, 0) is 9.59 Å². The van der Waals surface area contributed by atoms with Crippen molar-refractivity contribution in [2.24, 2.45) is 23.7 Å². The number of aryl methyl sites for hydroxylation is 4. The van der Waals surface area contributed by atoms with Gasteiger partial charge in [0.2, 0.25) is 11.8 Å². The highest BCUT2D eigenvalue weighted by atomic mass is 16.2. The summed E-state index contributed by atoms with van der Waals surface area (Å²) in [5.74, 6) is -0.590. The normalized spacial score (nSPS) is 24.5. The largest absolute Gasteiger partial charge is 0.326 e. The van der Waals surface area contributed by atoms with Crippen molar-refractivity contribution in [3.05, 3.63) is 70.8 Å². The first-order valence-electron chi connectivity index (χ1n) is 10.8. The molecule has 1 saturated carbocycles. The monoisotopic (exact) mass is 402 g/mol. The molecule has 2 aromatic rings. The minimum Gasteiger partial charge on any atom is -0.326 e. The summed E-state index contributed by atoms with van der Waals surface area (Å²) in [6, 6.07) is 11.9. The number of anilines is 2. The molecule has 1 fully saturated rings. The summed E-state index contributed by atoms with van der Waals surface area (Å²) in [5, 5.41) is 6.15. The van der Waals surface area contributed by atoms with E-state index in [1.165, 1.54) is 11.1 Å². The molecule has 3 aliphatic carbocycles. The molecule has 2 N–H and O–H groups in total. The molecule has 0 saturated heterocycles. The standard InChI is InChI=1S/C26H30N2O2/c1-15-5-11-21(13-17(15)3)27-25(29)23-19-7-9-20(10-8-19)24(23)26(30)28-22-12-6-16(2)18(4)14-22/h5-7,9,11-14,19-20,23-24H,8,10H2,1-4H3,(H,27,29)(H,28,30). The molecule has 0 aromatic heterocycles. The topological polar surface area (TPSA) is 58.2 Å². The molecule has 4 unspecified atom stereocenters. The van der Waals surface area contributed by atoms with E-state index >= 15 is 0 Å². The van der Waals surface area contributed by atoms with Gasteiger partial charge in [-0.25, -0.2) is 0 Å². The zero-order chi connectivity index (χ0) is 21.4. The van der Waals surface area contributed by atoms with Gasteiger partial charge in [0.25, 0.3) is 0 Å². The Morgan fingerprint density at radius 3 is 1.40 bits per heavy atom. The summed E-state index contributed by atoms with van der Waals surface area (Å²) in [4.78, 5) is 26.6. The summed E-state index contributed by atoms with van der Waals surface area (Å²) >= 11 is 0. The predicted molar refractivity (Wildman–Crippen MR) is 121 cm³/mol. The fourth-order valence-electron chi connectivity index (χ4n) is 4.80. The number of hydrogen-bond acceptors (Lipinski definition) is 2. The van der Waals surface area contributed by atoms with Gasteiger partial charge in [0.1, 0.15) is 0 Å². The van der Waals surface area contributed by atoms with Crippen LogP contribution >= 0.6 is 0 Å². The van der Waals surface area contributed by atoms with Gasteiger partial charge in [-0.05, 0) is 98.9 Å². The van der Waals surface area contributed by atoms with Crippen molar-refractivity contribution in [2.45, 2.75) is 40.5 Å². The smallest absolute Gasteiger partial charge is 0.228 e. The van der Waals surface area contributed by atoms with Crippen molar-refractivity contribution in [3.8, 4) is 0 Å². The molecule has 30 heavy (non-hydrogen) atoms. The lowest BCUT2D eigenvalue weighted by atomic mass is 9.61. The Labute approximate surface area is 178 Å². The van der Waals surface area contributed by atoms with Gasteiger partial charge in [0, 0.05) is 11.4 Å². The van der Waals surface area contributed by atoms with E-state index in [1.807, 2.05) is 50.2 Å². The zero-order valence-corrected chi connectivity index (χ0v) is 18.2. The van der Waals surface area contributed by atoms with E-state index < -0.39 is 0 Å². The Balaban J connectivity index is 1.56. The van der Waals surface area contributed by atoms with Crippen LogP contribution in [-0.4, -0.2) is 11.8 Å². The fraction of sp³-hybridized carbons (Fsp3) is 0.385. The van der Waals surface area contributed by atoms with Crippen molar-refractivity contribution in [3.63, 3.8) is 0 Å². The Hall–Kier alpha value is -2.88. The molecule has 0 radical (unpaired) electrons. The second-order valence-electron chi connectivity index (χ2n) is 8.92. The van der Waals surface area contributed by atoms with Crippen molar-refractivity contribution in [1.29, 1.82) is 0 Å². The van der Waals surface area contributed by atoms with E-state index in [-0.39, 0.29) is 35.5 Å². The van der Waals surface area contributed by atoms with Gasteiger partial charge in [-0.2, -0.15) is 0 Å². The van der Waals surface area contributed by atoms with Gasteiger partial charge in [-0.15, -0.1) is 0 Å². The van der Waals surface area contributed by atoms with Gasteiger partial charge in [0.15, 0.2) is 0 Å². The number of rotatable bonds is 4. The molecule has 4 heteroatoms. The first-order valence-corrected chi connectivity index (χ1v) is 10.8. The minimum absolute atomic E-state index is 0.0578. The Kier molecular flexibility index (Phi) is 5.50. The first kappa shape index (κ1) is 20.4. The lowest BCUT2D eigenvalue weighted by Crippen LogP contribution is -2.48. The van der Waals surface area contributed by atoms with Gasteiger partial charge >= 0.3 is 0 Å². The van der Waals surface area contributed by atoms with Crippen LogP contribution in [0.5, 0.6) is 0 Å². The van der Waals surface area contributed by atoms with Crippen molar-refractivity contribution in [2.75, 3.05) is 10.6 Å². The van der Waals surface area contributed by atoms with Gasteiger partial charge < -0.3 is 10.6 Å². The lowest BCUT2D eigenvalue weighted by molar-refractivity contribution is -0.134. The number of fused-ring (bicyclic) bond motifs is 2. The van der Waals surface area contributed by atoms with E-state index in [2.05, 4.69) is 36.6 Å². The van der Waals surface area contributed by atoms with Crippen LogP contribution in [0.4, 0.5) is 11.4 Å². The third kappa shape index (κ3) is 3.91. The SMILES string of the molecule is Cc1ccc(NC(=O)C2C3C=CC(CC3)C2C(=O)Nc2ccc(C)c(C)c2)cc1C. The van der Waals surface area contributed by atoms with Crippen molar-refractivity contribution < 1.29 is 9.59 Å². The molecule has 0 aliphatic heterocycles. The molecule has 0 spiro atoms. The van der Waals surface area contributed by atoms with Gasteiger partial charge in [-0.1, -0.05) is 24.3 Å². The number of amides is 2. The molecular weight excluding hydrogens is 372 g/mol. The van der Waals surface area contributed by atoms with Crippen LogP contribution in [0.3, 0.4) is 0 Å². The lowest BCUT2D eigenvalue weighted by Gasteiger charge is -2.43. The fourth-order valence-corrected chi connectivity index (χ4v) is 4.80. The number of carbonyl (C=O) groups is 2. The third-order valence-corrected chi connectivity index (χ3v) is 6.90. The number of carbonyl (C=O) groups excluding carboxylic acids is 2. The average Bonchev–Trinajstić information content (AvgIpc) is 2.73. The second kappa shape index (κ2) is 8.10. The minimum atomic E-state index is -0.345. The van der Waals surface area contributed by atoms with E-state index in [1.54, 1.807) is 0 Å². The molecular formula is C26H30N2O2. The highest BCUT2D eigenvalue weighted by Crippen LogP contribution is 2.45. The number of benzene rings is 2. The molecule has 4 atom stereocenters. The maximum Gasteiger partial charge on any atom is 0.228 e. The summed E-state index contributed by atoms with van der Waals surface area (Å²) in [7, 11) is 0. The second-order valence-corrected chi connectivity index (χ2v) is 8.92.